The van der Waals surface area contributed by atoms with Crippen LogP contribution in [0.15, 0.2) is 0 Å². The van der Waals surface area contributed by atoms with E-state index in [0.29, 0.717) is 6.04 Å². The van der Waals surface area contributed by atoms with Gasteiger partial charge in [-0.05, 0) is 19.3 Å². The average molecular weight is 240 g/mol. The van der Waals surface area contributed by atoms with Gasteiger partial charge in [-0.3, -0.25) is 9.69 Å². The van der Waals surface area contributed by atoms with Gasteiger partial charge in [0.25, 0.3) is 0 Å². The second-order valence-corrected chi connectivity index (χ2v) is 5.34. The first-order valence-electron chi connectivity index (χ1n) is 6.85. The Bertz CT molecular complexity index is 264. The van der Waals surface area contributed by atoms with Crippen molar-refractivity contribution in [3.8, 4) is 0 Å². The van der Waals surface area contributed by atoms with Gasteiger partial charge in [-0.25, -0.2) is 0 Å². The van der Waals surface area contributed by atoms with Gasteiger partial charge in [0.1, 0.15) is 6.04 Å². The second kappa shape index (κ2) is 5.83. The van der Waals surface area contributed by atoms with E-state index in [0.717, 1.165) is 19.5 Å². The van der Waals surface area contributed by atoms with Crippen molar-refractivity contribution in [2.24, 2.45) is 0 Å². The molecule has 2 aliphatic rings. The zero-order valence-corrected chi connectivity index (χ0v) is 10.8. The Morgan fingerprint density at radius 1 is 1.18 bits per heavy atom. The van der Waals surface area contributed by atoms with Crippen molar-refractivity contribution in [2.75, 3.05) is 26.7 Å². The molecule has 98 valence electrons. The summed E-state index contributed by atoms with van der Waals surface area (Å²) in [5.41, 5.74) is 0. The topological polar surface area (TPSA) is 43.8 Å². The van der Waals surface area contributed by atoms with Gasteiger partial charge in [0.2, 0.25) is 5.91 Å². The van der Waals surface area contributed by atoms with Crippen LogP contribution in [-0.2, 0) is 4.79 Å². The van der Waals surface area contributed by atoms with Crippen LogP contribution in [0.25, 0.3) is 0 Å². The Balaban J connectivity index is 2.09. The maximum atomic E-state index is 12.2. The molecule has 0 spiro atoms. The minimum absolute atomic E-state index is 0.0420. The molecule has 0 aromatic rings. The lowest BCUT2D eigenvalue weighted by atomic mass is 9.93. The molecule has 2 fully saturated rings. The molecule has 0 aromatic heterocycles. The fourth-order valence-electron chi connectivity index (χ4n) is 3.19. The van der Waals surface area contributed by atoms with Crippen LogP contribution in [0.3, 0.4) is 0 Å². The van der Waals surface area contributed by atoms with Crippen molar-refractivity contribution in [2.45, 2.75) is 50.6 Å². The standard InChI is InChI=1S/C13H24N2O2/c1-14-8-5-9-15(12(10-16)13(14)17)11-6-3-2-4-7-11/h11-12,16H,2-10H2,1H3. The molecular formula is C13H24N2O2. The van der Waals surface area contributed by atoms with Crippen LogP contribution in [0.4, 0.5) is 0 Å². The summed E-state index contributed by atoms with van der Waals surface area (Å²) in [6.45, 7) is 1.73. The summed E-state index contributed by atoms with van der Waals surface area (Å²) in [5.74, 6) is 0.0931. The van der Waals surface area contributed by atoms with E-state index in [1.807, 2.05) is 7.05 Å². The van der Waals surface area contributed by atoms with Crippen LogP contribution < -0.4 is 0 Å². The summed E-state index contributed by atoms with van der Waals surface area (Å²) < 4.78 is 0. The molecule has 4 nitrogen and oxygen atoms in total. The number of aliphatic hydroxyl groups excluding tert-OH is 1. The monoisotopic (exact) mass is 240 g/mol. The van der Waals surface area contributed by atoms with E-state index in [1.165, 1.54) is 32.1 Å². The Labute approximate surface area is 104 Å². The SMILES string of the molecule is CN1CCCN(C2CCCCC2)C(CO)C1=O. The van der Waals surface area contributed by atoms with E-state index < -0.39 is 0 Å². The summed E-state index contributed by atoms with van der Waals surface area (Å²) in [6.07, 6.45) is 7.25. The maximum Gasteiger partial charge on any atom is 0.242 e. The number of carbonyl (C=O) groups is 1. The fourth-order valence-corrected chi connectivity index (χ4v) is 3.19. The Hall–Kier alpha value is -0.610. The third-order valence-corrected chi connectivity index (χ3v) is 4.19. The highest BCUT2D eigenvalue weighted by atomic mass is 16.3. The van der Waals surface area contributed by atoms with Crippen molar-refractivity contribution >= 4 is 5.91 Å². The van der Waals surface area contributed by atoms with Gasteiger partial charge in [-0.15, -0.1) is 0 Å². The molecule has 17 heavy (non-hydrogen) atoms. The molecule has 1 atom stereocenters. The first-order chi connectivity index (χ1) is 8.24. The highest BCUT2D eigenvalue weighted by Crippen LogP contribution is 2.26. The lowest BCUT2D eigenvalue weighted by molar-refractivity contribution is -0.136. The van der Waals surface area contributed by atoms with Gasteiger partial charge >= 0.3 is 0 Å². The molecule has 1 heterocycles. The number of likely N-dealkylation sites (N-methyl/N-ethyl adjacent to an activating group) is 1. The first-order valence-corrected chi connectivity index (χ1v) is 6.85. The van der Waals surface area contributed by atoms with Gasteiger partial charge in [0, 0.05) is 26.2 Å². The van der Waals surface area contributed by atoms with Gasteiger partial charge in [0.15, 0.2) is 0 Å². The third kappa shape index (κ3) is 2.80. The first kappa shape index (κ1) is 12.8. The number of rotatable bonds is 2. The van der Waals surface area contributed by atoms with E-state index in [-0.39, 0.29) is 18.6 Å². The normalized spacial score (nSPS) is 29.4. The van der Waals surface area contributed by atoms with E-state index in [4.69, 9.17) is 0 Å². The van der Waals surface area contributed by atoms with Gasteiger partial charge in [0.05, 0.1) is 6.61 Å². The van der Waals surface area contributed by atoms with Crippen molar-refractivity contribution in [1.29, 1.82) is 0 Å². The zero-order valence-electron chi connectivity index (χ0n) is 10.8. The average Bonchev–Trinajstić information content (AvgIpc) is 2.51. The number of hydrogen-bond donors (Lipinski definition) is 1. The Morgan fingerprint density at radius 2 is 1.88 bits per heavy atom. The van der Waals surface area contributed by atoms with Gasteiger partial charge in [-0.2, -0.15) is 0 Å². The molecule has 1 saturated carbocycles. The predicted octanol–water partition coefficient (Wildman–Crippen LogP) is 0.844. The van der Waals surface area contributed by atoms with Gasteiger partial charge < -0.3 is 10.0 Å². The molecule has 1 aliphatic carbocycles. The van der Waals surface area contributed by atoms with Crippen LogP contribution in [-0.4, -0.2) is 59.6 Å². The Kier molecular flexibility index (Phi) is 4.40. The predicted molar refractivity (Wildman–Crippen MR) is 66.7 cm³/mol. The number of amides is 1. The quantitative estimate of drug-likeness (QED) is 0.778. The maximum absolute atomic E-state index is 12.2. The smallest absolute Gasteiger partial charge is 0.242 e. The second-order valence-electron chi connectivity index (χ2n) is 5.34. The van der Waals surface area contributed by atoms with Crippen LogP contribution in [0.2, 0.25) is 0 Å². The van der Waals surface area contributed by atoms with Crippen LogP contribution in [0.1, 0.15) is 38.5 Å². The molecule has 1 unspecified atom stereocenters. The van der Waals surface area contributed by atoms with Crippen LogP contribution in [0, 0.1) is 0 Å². The fraction of sp³-hybridized carbons (Fsp3) is 0.923. The molecule has 1 aliphatic heterocycles. The molecule has 0 radical (unpaired) electrons. The number of aliphatic hydroxyl groups is 1. The molecule has 4 heteroatoms. The van der Waals surface area contributed by atoms with Crippen LogP contribution >= 0.6 is 0 Å². The molecule has 1 N–H and O–H groups in total. The molecule has 1 amide bonds. The van der Waals surface area contributed by atoms with Crippen molar-refractivity contribution in [3.63, 3.8) is 0 Å². The summed E-state index contributed by atoms with van der Waals surface area (Å²) in [6, 6.07) is 0.210. The highest BCUT2D eigenvalue weighted by Gasteiger charge is 2.34. The van der Waals surface area contributed by atoms with Crippen molar-refractivity contribution in [3.05, 3.63) is 0 Å². The summed E-state index contributed by atoms with van der Waals surface area (Å²) >= 11 is 0. The third-order valence-electron chi connectivity index (χ3n) is 4.19. The van der Waals surface area contributed by atoms with E-state index in [1.54, 1.807) is 4.90 Å². The van der Waals surface area contributed by atoms with Crippen molar-refractivity contribution in [1.82, 2.24) is 9.80 Å². The summed E-state index contributed by atoms with van der Waals surface area (Å²) in [4.78, 5) is 16.2. The summed E-state index contributed by atoms with van der Waals surface area (Å²) in [7, 11) is 1.84. The minimum atomic E-state index is -0.300. The minimum Gasteiger partial charge on any atom is -0.394 e. The molecule has 0 aromatic carbocycles. The van der Waals surface area contributed by atoms with Gasteiger partial charge in [-0.1, -0.05) is 19.3 Å². The molecule has 0 bridgehead atoms. The van der Waals surface area contributed by atoms with E-state index in [9.17, 15) is 9.90 Å². The van der Waals surface area contributed by atoms with Crippen molar-refractivity contribution < 1.29 is 9.90 Å². The number of nitrogens with zero attached hydrogens (tertiary/aromatic N) is 2. The van der Waals surface area contributed by atoms with Crippen LogP contribution in [0.5, 0.6) is 0 Å². The number of carbonyl (C=O) groups excluding carboxylic acids is 1. The number of hydrogen-bond acceptors (Lipinski definition) is 3. The molecular weight excluding hydrogens is 216 g/mol. The van der Waals surface area contributed by atoms with E-state index in [2.05, 4.69) is 4.90 Å². The van der Waals surface area contributed by atoms with E-state index >= 15 is 0 Å². The lowest BCUT2D eigenvalue weighted by Crippen LogP contribution is -2.51. The molecule has 1 saturated heterocycles. The largest absolute Gasteiger partial charge is 0.394 e. The Morgan fingerprint density at radius 3 is 2.53 bits per heavy atom. The molecule has 2 rings (SSSR count). The highest BCUT2D eigenvalue weighted by molar-refractivity contribution is 5.82. The zero-order chi connectivity index (χ0) is 12.3. The summed E-state index contributed by atoms with van der Waals surface area (Å²) in [5, 5.41) is 9.52. The lowest BCUT2D eigenvalue weighted by Gasteiger charge is -2.37.